The van der Waals surface area contributed by atoms with E-state index >= 15 is 0 Å². The maximum absolute atomic E-state index is 5.97. The van der Waals surface area contributed by atoms with Crippen LogP contribution in [0.4, 0.5) is 0 Å². The van der Waals surface area contributed by atoms with Crippen molar-refractivity contribution in [2.24, 2.45) is 5.73 Å². The van der Waals surface area contributed by atoms with E-state index in [0.29, 0.717) is 21.6 Å². The molecular formula is C10H10Cl3N. The van der Waals surface area contributed by atoms with Crippen molar-refractivity contribution in [2.45, 2.75) is 6.42 Å². The Kier molecular flexibility index (Phi) is 4.76. The Morgan fingerprint density at radius 2 is 1.93 bits per heavy atom. The summed E-state index contributed by atoms with van der Waals surface area (Å²) in [5.41, 5.74) is 6.17. The first kappa shape index (κ1) is 11.9. The van der Waals surface area contributed by atoms with E-state index in [0.717, 1.165) is 12.0 Å². The van der Waals surface area contributed by atoms with Crippen molar-refractivity contribution in [2.75, 3.05) is 6.54 Å². The standard InChI is InChI=1S/C10H10Cl3N/c11-8-5-7(3-1-2-4-14)10(13)9(12)6-8/h1,3,5-6H,2,4,14H2. The van der Waals surface area contributed by atoms with Crippen molar-refractivity contribution >= 4 is 40.9 Å². The first-order chi connectivity index (χ1) is 6.65. The number of benzene rings is 1. The van der Waals surface area contributed by atoms with E-state index in [1.54, 1.807) is 12.1 Å². The van der Waals surface area contributed by atoms with Gasteiger partial charge in [-0.15, -0.1) is 0 Å². The first-order valence-electron chi connectivity index (χ1n) is 4.16. The molecule has 0 unspecified atom stereocenters. The number of rotatable bonds is 3. The van der Waals surface area contributed by atoms with E-state index in [4.69, 9.17) is 40.5 Å². The summed E-state index contributed by atoms with van der Waals surface area (Å²) in [5, 5.41) is 1.56. The van der Waals surface area contributed by atoms with Crippen LogP contribution in [0.5, 0.6) is 0 Å². The maximum Gasteiger partial charge on any atom is 0.0665 e. The first-order valence-corrected chi connectivity index (χ1v) is 5.29. The minimum atomic E-state index is 0.464. The normalized spacial score (nSPS) is 11.1. The van der Waals surface area contributed by atoms with Crippen LogP contribution < -0.4 is 5.73 Å². The van der Waals surface area contributed by atoms with Gasteiger partial charge in [0.2, 0.25) is 0 Å². The Labute approximate surface area is 98.5 Å². The van der Waals surface area contributed by atoms with Crippen LogP contribution in [0.2, 0.25) is 15.1 Å². The van der Waals surface area contributed by atoms with E-state index in [1.807, 2.05) is 12.2 Å². The molecule has 0 bridgehead atoms. The molecule has 0 fully saturated rings. The molecule has 0 saturated heterocycles. The van der Waals surface area contributed by atoms with Gasteiger partial charge in [-0.1, -0.05) is 47.0 Å². The fourth-order valence-corrected chi connectivity index (χ4v) is 1.68. The zero-order valence-electron chi connectivity index (χ0n) is 7.43. The maximum atomic E-state index is 5.97. The van der Waals surface area contributed by atoms with Gasteiger partial charge in [0.15, 0.2) is 0 Å². The summed E-state index contributed by atoms with van der Waals surface area (Å²) >= 11 is 17.7. The zero-order chi connectivity index (χ0) is 10.6. The van der Waals surface area contributed by atoms with Gasteiger partial charge in [-0.05, 0) is 30.7 Å². The number of hydrogen-bond donors (Lipinski definition) is 1. The lowest BCUT2D eigenvalue weighted by molar-refractivity contribution is 1.01. The van der Waals surface area contributed by atoms with E-state index in [-0.39, 0.29) is 0 Å². The predicted octanol–water partition coefficient (Wildman–Crippen LogP) is 4.01. The summed E-state index contributed by atoms with van der Waals surface area (Å²) in [5.74, 6) is 0. The van der Waals surface area contributed by atoms with E-state index < -0.39 is 0 Å². The Hall–Kier alpha value is -0.210. The fourth-order valence-electron chi connectivity index (χ4n) is 1.00. The van der Waals surface area contributed by atoms with Gasteiger partial charge in [0.1, 0.15) is 0 Å². The molecule has 0 saturated carbocycles. The van der Waals surface area contributed by atoms with Crippen LogP contribution in [-0.4, -0.2) is 6.54 Å². The Balaban J connectivity index is 2.96. The molecule has 0 atom stereocenters. The van der Waals surface area contributed by atoms with Gasteiger partial charge in [0.05, 0.1) is 10.0 Å². The summed E-state index contributed by atoms with van der Waals surface area (Å²) in [6.45, 7) is 0.614. The smallest absolute Gasteiger partial charge is 0.0665 e. The van der Waals surface area contributed by atoms with E-state index in [9.17, 15) is 0 Å². The van der Waals surface area contributed by atoms with E-state index in [1.165, 1.54) is 0 Å². The molecule has 0 radical (unpaired) electrons. The Morgan fingerprint density at radius 1 is 1.21 bits per heavy atom. The van der Waals surface area contributed by atoms with Crippen LogP contribution in [-0.2, 0) is 0 Å². The summed E-state index contributed by atoms with van der Waals surface area (Å²) in [6.07, 6.45) is 4.61. The highest BCUT2D eigenvalue weighted by Gasteiger charge is 2.03. The number of hydrogen-bond acceptors (Lipinski definition) is 1. The SMILES string of the molecule is NCCC=Cc1cc(Cl)cc(Cl)c1Cl. The average molecular weight is 251 g/mol. The van der Waals surface area contributed by atoms with Crippen LogP contribution in [0.15, 0.2) is 18.2 Å². The second kappa shape index (κ2) is 5.62. The summed E-state index contributed by atoms with van der Waals surface area (Å²) in [4.78, 5) is 0. The van der Waals surface area contributed by atoms with Crippen molar-refractivity contribution in [3.8, 4) is 0 Å². The molecule has 2 N–H and O–H groups in total. The minimum Gasteiger partial charge on any atom is -0.330 e. The average Bonchev–Trinajstić information content (AvgIpc) is 2.13. The topological polar surface area (TPSA) is 26.0 Å². The molecule has 0 spiro atoms. The summed E-state index contributed by atoms with van der Waals surface area (Å²) < 4.78 is 0. The third-order valence-electron chi connectivity index (χ3n) is 1.65. The third kappa shape index (κ3) is 3.18. The third-order valence-corrected chi connectivity index (χ3v) is 2.69. The van der Waals surface area contributed by atoms with Crippen molar-refractivity contribution in [3.05, 3.63) is 38.8 Å². The van der Waals surface area contributed by atoms with Crippen LogP contribution >= 0.6 is 34.8 Å². The summed E-state index contributed by atoms with van der Waals surface area (Å²) in [7, 11) is 0. The van der Waals surface area contributed by atoms with Gasteiger partial charge < -0.3 is 5.73 Å². The molecule has 1 aromatic carbocycles. The zero-order valence-corrected chi connectivity index (χ0v) is 9.70. The van der Waals surface area contributed by atoms with Gasteiger partial charge in [0.25, 0.3) is 0 Å². The minimum absolute atomic E-state index is 0.464. The molecule has 1 nitrogen and oxygen atoms in total. The van der Waals surface area contributed by atoms with E-state index in [2.05, 4.69) is 0 Å². The molecule has 4 heteroatoms. The molecule has 76 valence electrons. The van der Waals surface area contributed by atoms with Gasteiger partial charge in [-0.25, -0.2) is 0 Å². The quantitative estimate of drug-likeness (QED) is 0.806. The van der Waals surface area contributed by atoms with Crippen LogP contribution in [0.25, 0.3) is 6.08 Å². The molecule has 1 aromatic rings. The van der Waals surface area contributed by atoms with Crippen molar-refractivity contribution in [3.63, 3.8) is 0 Å². The molecule has 0 aliphatic rings. The summed E-state index contributed by atoms with van der Waals surface area (Å²) in [6, 6.07) is 3.38. The molecule has 0 heterocycles. The second-order valence-corrected chi connectivity index (χ2v) is 3.99. The highest BCUT2D eigenvalue weighted by molar-refractivity contribution is 6.44. The lowest BCUT2D eigenvalue weighted by Gasteiger charge is -2.01. The molecular weight excluding hydrogens is 240 g/mol. The van der Waals surface area contributed by atoms with Crippen LogP contribution in [0.3, 0.4) is 0 Å². The molecule has 1 rings (SSSR count). The lowest BCUT2D eigenvalue weighted by atomic mass is 10.2. The molecule has 0 aliphatic carbocycles. The molecule has 0 amide bonds. The Morgan fingerprint density at radius 3 is 2.57 bits per heavy atom. The van der Waals surface area contributed by atoms with Crippen LogP contribution in [0.1, 0.15) is 12.0 Å². The number of halogens is 3. The van der Waals surface area contributed by atoms with Gasteiger partial charge in [0, 0.05) is 5.02 Å². The lowest BCUT2D eigenvalue weighted by Crippen LogP contribution is -1.95. The largest absolute Gasteiger partial charge is 0.330 e. The fraction of sp³-hybridized carbons (Fsp3) is 0.200. The van der Waals surface area contributed by atoms with Crippen molar-refractivity contribution < 1.29 is 0 Å². The van der Waals surface area contributed by atoms with Gasteiger partial charge in [-0.3, -0.25) is 0 Å². The molecule has 0 aromatic heterocycles. The van der Waals surface area contributed by atoms with Gasteiger partial charge >= 0.3 is 0 Å². The monoisotopic (exact) mass is 249 g/mol. The number of nitrogens with two attached hydrogens (primary N) is 1. The van der Waals surface area contributed by atoms with Crippen molar-refractivity contribution in [1.82, 2.24) is 0 Å². The molecule has 14 heavy (non-hydrogen) atoms. The Bertz CT molecular complexity index is 347. The van der Waals surface area contributed by atoms with Crippen LogP contribution in [0, 0.1) is 0 Å². The van der Waals surface area contributed by atoms with Crippen molar-refractivity contribution in [1.29, 1.82) is 0 Å². The predicted molar refractivity (Wildman–Crippen MR) is 64.2 cm³/mol. The highest BCUT2D eigenvalue weighted by atomic mass is 35.5. The highest BCUT2D eigenvalue weighted by Crippen LogP contribution is 2.30. The van der Waals surface area contributed by atoms with Gasteiger partial charge in [-0.2, -0.15) is 0 Å². The molecule has 0 aliphatic heterocycles. The second-order valence-electron chi connectivity index (χ2n) is 2.77.